The van der Waals surface area contributed by atoms with Crippen LogP contribution in [0.2, 0.25) is 0 Å². The molecule has 72 valence electrons. The van der Waals surface area contributed by atoms with E-state index in [4.69, 9.17) is 10.8 Å². The quantitative estimate of drug-likeness (QED) is 0.768. The Hall–Kier alpha value is -0.740. The van der Waals surface area contributed by atoms with Gasteiger partial charge in [0.15, 0.2) is 0 Å². The highest BCUT2D eigenvalue weighted by atomic mass is 79.9. The molecule has 0 spiro atoms. The van der Waals surface area contributed by atoms with Crippen LogP contribution in [0.5, 0.6) is 0 Å². The predicted molar refractivity (Wildman–Crippen MR) is 57.5 cm³/mol. The van der Waals surface area contributed by atoms with Gasteiger partial charge in [0.2, 0.25) is 0 Å². The first-order valence-corrected chi connectivity index (χ1v) is 4.11. The molecule has 0 fully saturated rings. The molecule has 0 heterocycles. The van der Waals surface area contributed by atoms with Gasteiger partial charge in [-0.1, -0.05) is 15.9 Å². The Morgan fingerprint density at radius 3 is 2.46 bits per heavy atom. The van der Waals surface area contributed by atoms with E-state index < -0.39 is 5.97 Å². The minimum atomic E-state index is -0.994. The molecule has 3 N–H and O–H groups in total. The van der Waals surface area contributed by atoms with Crippen LogP contribution in [-0.4, -0.2) is 11.1 Å². The third-order valence-corrected chi connectivity index (χ3v) is 2.50. The topological polar surface area (TPSA) is 63.3 Å². The molecule has 0 radical (unpaired) electrons. The number of hydrogen-bond donors (Lipinski definition) is 2. The largest absolute Gasteiger partial charge is 0.478 e. The summed E-state index contributed by atoms with van der Waals surface area (Å²) in [5, 5.41) is 8.77. The molecule has 0 aromatic heterocycles. The number of benzene rings is 1. The van der Waals surface area contributed by atoms with Gasteiger partial charge in [-0.2, -0.15) is 0 Å². The average molecular weight is 267 g/mol. The molecule has 0 aliphatic rings. The third kappa shape index (κ3) is 2.35. The molecule has 5 heteroatoms. The Morgan fingerprint density at radius 1 is 1.54 bits per heavy atom. The van der Waals surface area contributed by atoms with Crippen LogP contribution in [0.4, 0.5) is 5.69 Å². The van der Waals surface area contributed by atoms with Crippen molar-refractivity contribution in [3.8, 4) is 0 Å². The molecular weight excluding hydrogens is 257 g/mol. The molecule has 3 nitrogen and oxygen atoms in total. The van der Waals surface area contributed by atoms with Gasteiger partial charge in [0.1, 0.15) is 0 Å². The van der Waals surface area contributed by atoms with E-state index in [9.17, 15) is 4.79 Å². The van der Waals surface area contributed by atoms with Gasteiger partial charge < -0.3 is 10.8 Å². The molecule has 13 heavy (non-hydrogen) atoms. The summed E-state index contributed by atoms with van der Waals surface area (Å²) in [7, 11) is 0. The van der Waals surface area contributed by atoms with Crippen LogP contribution in [0.15, 0.2) is 16.6 Å². The van der Waals surface area contributed by atoms with E-state index in [1.807, 2.05) is 0 Å². The maximum atomic E-state index is 10.7. The minimum Gasteiger partial charge on any atom is -0.478 e. The highest BCUT2D eigenvalue weighted by molar-refractivity contribution is 9.10. The van der Waals surface area contributed by atoms with Gasteiger partial charge in [0, 0.05) is 10.2 Å². The number of carboxylic acid groups (broad SMARTS) is 1. The zero-order valence-electron chi connectivity index (χ0n) is 6.87. The SMILES string of the molecule is Cc1c(Br)ccc(N)c1C(=O)O.Cl. The summed E-state index contributed by atoms with van der Waals surface area (Å²) >= 11 is 3.23. The summed E-state index contributed by atoms with van der Waals surface area (Å²) < 4.78 is 0.758. The van der Waals surface area contributed by atoms with E-state index in [2.05, 4.69) is 15.9 Å². The Bertz CT molecular complexity index is 341. The van der Waals surface area contributed by atoms with Gasteiger partial charge in [-0.15, -0.1) is 12.4 Å². The summed E-state index contributed by atoms with van der Waals surface area (Å²) in [5.41, 5.74) is 6.61. The van der Waals surface area contributed by atoms with Gasteiger partial charge in [0.25, 0.3) is 0 Å². The summed E-state index contributed by atoms with van der Waals surface area (Å²) in [4.78, 5) is 10.7. The Labute approximate surface area is 90.5 Å². The van der Waals surface area contributed by atoms with Crippen molar-refractivity contribution in [1.29, 1.82) is 0 Å². The van der Waals surface area contributed by atoms with Crippen LogP contribution in [0.1, 0.15) is 15.9 Å². The number of halogens is 2. The van der Waals surface area contributed by atoms with Gasteiger partial charge in [-0.25, -0.2) is 4.79 Å². The summed E-state index contributed by atoms with van der Waals surface area (Å²) in [6.07, 6.45) is 0. The third-order valence-electron chi connectivity index (χ3n) is 1.65. The van der Waals surface area contributed by atoms with E-state index in [0.717, 1.165) is 4.47 Å². The van der Waals surface area contributed by atoms with E-state index in [1.165, 1.54) is 0 Å². The lowest BCUT2D eigenvalue weighted by Gasteiger charge is -2.05. The molecule has 0 bridgehead atoms. The fourth-order valence-electron chi connectivity index (χ4n) is 0.991. The predicted octanol–water partition coefficient (Wildman–Crippen LogP) is 2.46. The number of aromatic carboxylic acids is 1. The van der Waals surface area contributed by atoms with Gasteiger partial charge in [-0.05, 0) is 24.6 Å². The first-order chi connectivity index (χ1) is 5.54. The molecule has 0 atom stereocenters. The molecular formula is C8H9BrClNO2. The Kier molecular flexibility index (Phi) is 4.23. The van der Waals surface area contributed by atoms with Crippen molar-refractivity contribution >= 4 is 40.0 Å². The van der Waals surface area contributed by atoms with Crippen LogP contribution in [0.25, 0.3) is 0 Å². The Morgan fingerprint density at radius 2 is 2.08 bits per heavy atom. The number of rotatable bonds is 1. The maximum Gasteiger partial charge on any atom is 0.338 e. The second kappa shape index (κ2) is 4.48. The fraction of sp³-hybridized carbons (Fsp3) is 0.125. The number of hydrogen-bond acceptors (Lipinski definition) is 2. The number of carbonyl (C=O) groups is 1. The molecule has 0 saturated heterocycles. The van der Waals surface area contributed by atoms with E-state index in [-0.39, 0.29) is 18.0 Å². The van der Waals surface area contributed by atoms with Gasteiger partial charge in [0.05, 0.1) is 5.56 Å². The van der Waals surface area contributed by atoms with Crippen LogP contribution >= 0.6 is 28.3 Å². The lowest BCUT2D eigenvalue weighted by Crippen LogP contribution is -2.05. The molecule has 0 aliphatic carbocycles. The van der Waals surface area contributed by atoms with Crippen LogP contribution < -0.4 is 5.73 Å². The summed E-state index contributed by atoms with van der Waals surface area (Å²) in [6.45, 7) is 1.71. The fourth-order valence-corrected chi connectivity index (χ4v) is 1.32. The van der Waals surface area contributed by atoms with Crippen molar-refractivity contribution < 1.29 is 9.90 Å². The van der Waals surface area contributed by atoms with Crippen molar-refractivity contribution in [3.63, 3.8) is 0 Å². The Balaban J connectivity index is 0.00000144. The average Bonchev–Trinajstić information content (AvgIpc) is 1.97. The lowest BCUT2D eigenvalue weighted by molar-refractivity contribution is 0.0697. The highest BCUT2D eigenvalue weighted by Gasteiger charge is 2.12. The van der Waals surface area contributed by atoms with E-state index in [1.54, 1.807) is 19.1 Å². The van der Waals surface area contributed by atoms with Crippen molar-refractivity contribution in [2.75, 3.05) is 5.73 Å². The number of carboxylic acids is 1. The van der Waals surface area contributed by atoms with Gasteiger partial charge >= 0.3 is 5.97 Å². The smallest absolute Gasteiger partial charge is 0.338 e. The zero-order valence-corrected chi connectivity index (χ0v) is 9.28. The molecule has 0 aliphatic heterocycles. The van der Waals surface area contributed by atoms with Crippen LogP contribution in [0, 0.1) is 6.92 Å². The monoisotopic (exact) mass is 265 g/mol. The van der Waals surface area contributed by atoms with Crippen molar-refractivity contribution in [3.05, 3.63) is 27.7 Å². The second-order valence-corrected chi connectivity index (χ2v) is 3.30. The molecule has 1 rings (SSSR count). The van der Waals surface area contributed by atoms with Crippen LogP contribution in [0.3, 0.4) is 0 Å². The second-order valence-electron chi connectivity index (χ2n) is 2.44. The summed E-state index contributed by atoms with van der Waals surface area (Å²) in [5.74, 6) is -0.994. The van der Waals surface area contributed by atoms with Crippen LogP contribution in [-0.2, 0) is 0 Å². The van der Waals surface area contributed by atoms with Crippen molar-refractivity contribution in [2.45, 2.75) is 6.92 Å². The zero-order chi connectivity index (χ0) is 9.30. The molecule has 0 saturated carbocycles. The molecule has 0 amide bonds. The number of anilines is 1. The normalized spacial score (nSPS) is 9.08. The van der Waals surface area contributed by atoms with Crippen molar-refractivity contribution in [1.82, 2.24) is 0 Å². The van der Waals surface area contributed by atoms with Crippen molar-refractivity contribution in [2.24, 2.45) is 0 Å². The number of nitrogens with two attached hydrogens (primary N) is 1. The first kappa shape index (κ1) is 12.3. The minimum absolute atomic E-state index is 0. The molecule has 1 aromatic carbocycles. The lowest BCUT2D eigenvalue weighted by atomic mass is 10.1. The van der Waals surface area contributed by atoms with E-state index >= 15 is 0 Å². The standard InChI is InChI=1S/C8H8BrNO2.ClH/c1-4-5(9)2-3-6(10)7(4)8(11)12;/h2-3H,10H2,1H3,(H,11,12);1H. The summed E-state index contributed by atoms with van der Waals surface area (Å²) in [6, 6.07) is 3.30. The highest BCUT2D eigenvalue weighted by Crippen LogP contribution is 2.24. The number of nitrogen functional groups attached to an aromatic ring is 1. The first-order valence-electron chi connectivity index (χ1n) is 3.32. The molecule has 1 aromatic rings. The molecule has 0 unspecified atom stereocenters. The van der Waals surface area contributed by atoms with Gasteiger partial charge in [-0.3, -0.25) is 0 Å². The maximum absolute atomic E-state index is 10.7. The van der Waals surface area contributed by atoms with E-state index in [0.29, 0.717) is 11.3 Å².